The van der Waals surface area contributed by atoms with Gasteiger partial charge >= 0.3 is 0 Å². The fourth-order valence-corrected chi connectivity index (χ4v) is 1.99. The van der Waals surface area contributed by atoms with E-state index in [0.717, 1.165) is 17.1 Å². The van der Waals surface area contributed by atoms with Crippen LogP contribution in [0.1, 0.15) is 6.42 Å². The maximum atomic E-state index is 12.1. The summed E-state index contributed by atoms with van der Waals surface area (Å²) in [6.45, 7) is 0.600. The molecule has 1 N–H and O–H groups in total. The Morgan fingerprint density at radius 1 is 1.10 bits per heavy atom. The van der Waals surface area contributed by atoms with E-state index >= 15 is 0 Å². The summed E-state index contributed by atoms with van der Waals surface area (Å²) in [5, 5.41) is 3.23. The second-order valence-electron chi connectivity index (χ2n) is 4.69. The van der Waals surface area contributed by atoms with Gasteiger partial charge in [0.15, 0.2) is 0 Å². The highest BCUT2D eigenvalue weighted by atomic mass is 16.5. The number of para-hydroxylation sites is 1. The summed E-state index contributed by atoms with van der Waals surface area (Å²) in [6, 6.07) is 17.3. The van der Waals surface area contributed by atoms with Gasteiger partial charge in [0.05, 0.1) is 7.11 Å². The topological polar surface area (TPSA) is 41.6 Å². The first-order valence-electron chi connectivity index (χ1n) is 6.90. The Balaban J connectivity index is 1.81. The van der Waals surface area contributed by atoms with Gasteiger partial charge in [0.25, 0.3) is 0 Å². The average molecular weight is 284 g/mol. The Hall–Kier alpha value is -2.49. The molecule has 0 aliphatic heterocycles. The normalized spacial score (nSPS) is 10.0. The van der Waals surface area contributed by atoms with Gasteiger partial charge in [-0.2, -0.15) is 0 Å². The molecule has 0 heterocycles. The summed E-state index contributed by atoms with van der Waals surface area (Å²) < 4.78 is 5.10. The second kappa shape index (κ2) is 7.33. The van der Waals surface area contributed by atoms with E-state index in [2.05, 4.69) is 5.32 Å². The molecule has 0 aliphatic carbocycles. The molecule has 2 aromatic carbocycles. The van der Waals surface area contributed by atoms with Gasteiger partial charge in [0, 0.05) is 31.4 Å². The lowest BCUT2D eigenvalue weighted by atomic mass is 10.2. The van der Waals surface area contributed by atoms with Crippen molar-refractivity contribution < 1.29 is 9.53 Å². The van der Waals surface area contributed by atoms with E-state index in [0.29, 0.717) is 13.0 Å². The quantitative estimate of drug-likeness (QED) is 0.886. The van der Waals surface area contributed by atoms with Crippen LogP contribution in [0.5, 0.6) is 5.75 Å². The predicted octanol–water partition coefficient (Wildman–Crippen LogP) is 3.16. The van der Waals surface area contributed by atoms with Crippen molar-refractivity contribution >= 4 is 17.3 Å². The first-order valence-corrected chi connectivity index (χ1v) is 6.90. The smallest absolute Gasteiger partial charge is 0.228 e. The summed E-state index contributed by atoms with van der Waals surface area (Å²) >= 11 is 0. The summed E-state index contributed by atoms with van der Waals surface area (Å²) in [5.74, 6) is 0.905. The van der Waals surface area contributed by atoms with E-state index in [-0.39, 0.29) is 5.91 Å². The molecule has 0 saturated heterocycles. The number of benzene rings is 2. The molecule has 2 aromatic rings. The van der Waals surface area contributed by atoms with Crippen LogP contribution >= 0.6 is 0 Å². The molecule has 4 nitrogen and oxygen atoms in total. The van der Waals surface area contributed by atoms with Crippen molar-refractivity contribution in [3.63, 3.8) is 0 Å². The van der Waals surface area contributed by atoms with E-state index in [1.807, 2.05) is 54.6 Å². The fourth-order valence-electron chi connectivity index (χ4n) is 1.99. The van der Waals surface area contributed by atoms with Crippen molar-refractivity contribution in [2.24, 2.45) is 0 Å². The molecule has 21 heavy (non-hydrogen) atoms. The largest absolute Gasteiger partial charge is 0.497 e. The Morgan fingerprint density at radius 3 is 2.38 bits per heavy atom. The summed E-state index contributed by atoms with van der Waals surface area (Å²) in [5.41, 5.74) is 1.89. The van der Waals surface area contributed by atoms with Crippen molar-refractivity contribution in [2.45, 2.75) is 6.42 Å². The molecule has 0 aromatic heterocycles. The second-order valence-corrected chi connectivity index (χ2v) is 4.69. The molecule has 4 heteroatoms. The molecule has 0 aliphatic rings. The molecule has 0 bridgehead atoms. The van der Waals surface area contributed by atoms with Crippen LogP contribution in [0.25, 0.3) is 0 Å². The molecular weight excluding hydrogens is 264 g/mol. The van der Waals surface area contributed by atoms with Gasteiger partial charge in [-0.05, 0) is 36.4 Å². The number of carbonyl (C=O) groups excluding carboxylic acids is 1. The number of nitrogens with one attached hydrogen (secondary N) is 1. The van der Waals surface area contributed by atoms with E-state index in [1.165, 1.54) is 0 Å². The molecule has 0 unspecified atom stereocenters. The third-order valence-corrected chi connectivity index (χ3v) is 3.28. The fraction of sp³-hybridized carbons (Fsp3) is 0.235. The van der Waals surface area contributed by atoms with Gasteiger partial charge in [-0.15, -0.1) is 0 Å². The molecule has 0 atom stereocenters. The number of amides is 1. The van der Waals surface area contributed by atoms with Gasteiger partial charge in [-0.25, -0.2) is 0 Å². The van der Waals surface area contributed by atoms with Crippen molar-refractivity contribution in [3.05, 3.63) is 54.6 Å². The van der Waals surface area contributed by atoms with Gasteiger partial charge in [-0.3, -0.25) is 4.79 Å². The predicted molar refractivity (Wildman–Crippen MR) is 86.0 cm³/mol. The van der Waals surface area contributed by atoms with Gasteiger partial charge in [0.1, 0.15) is 5.75 Å². The van der Waals surface area contributed by atoms with Crippen molar-refractivity contribution in [2.75, 3.05) is 30.9 Å². The SMILES string of the molecule is COc1ccc(NCCC(=O)N(C)c2ccccc2)cc1. The molecule has 110 valence electrons. The number of hydrogen-bond acceptors (Lipinski definition) is 3. The summed E-state index contributed by atoms with van der Waals surface area (Å²) in [4.78, 5) is 13.8. The van der Waals surface area contributed by atoms with Crippen LogP contribution in [0.2, 0.25) is 0 Å². The van der Waals surface area contributed by atoms with Crippen molar-refractivity contribution in [3.8, 4) is 5.75 Å². The first kappa shape index (κ1) is 14.9. The number of methoxy groups -OCH3 is 1. The van der Waals surface area contributed by atoms with Gasteiger partial charge < -0.3 is 15.0 Å². The zero-order valence-electron chi connectivity index (χ0n) is 12.4. The third-order valence-electron chi connectivity index (χ3n) is 3.28. The minimum absolute atomic E-state index is 0.0854. The lowest BCUT2D eigenvalue weighted by Gasteiger charge is -2.17. The van der Waals surface area contributed by atoms with Crippen molar-refractivity contribution in [1.29, 1.82) is 0 Å². The van der Waals surface area contributed by atoms with Crippen LogP contribution < -0.4 is 15.0 Å². The molecule has 1 amide bonds. The molecule has 0 saturated carbocycles. The van der Waals surface area contributed by atoms with Crippen LogP contribution in [0.4, 0.5) is 11.4 Å². The van der Waals surface area contributed by atoms with Crippen LogP contribution in [0.15, 0.2) is 54.6 Å². The number of anilines is 2. The maximum Gasteiger partial charge on any atom is 0.228 e. The molecule has 0 spiro atoms. The number of hydrogen-bond donors (Lipinski definition) is 1. The molecular formula is C17H20N2O2. The Labute approximate surface area is 125 Å². The lowest BCUT2D eigenvalue weighted by molar-refractivity contribution is -0.118. The summed E-state index contributed by atoms with van der Waals surface area (Å²) in [7, 11) is 3.44. The zero-order valence-corrected chi connectivity index (χ0v) is 12.4. The number of ether oxygens (including phenoxy) is 1. The van der Waals surface area contributed by atoms with Crippen LogP contribution in [0, 0.1) is 0 Å². The third kappa shape index (κ3) is 4.24. The summed E-state index contributed by atoms with van der Waals surface area (Å²) in [6.07, 6.45) is 0.442. The first-order chi connectivity index (χ1) is 10.2. The Morgan fingerprint density at radius 2 is 1.76 bits per heavy atom. The Kier molecular flexibility index (Phi) is 5.21. The lowest BCUT2D eigenvalue weighted by Crippen LogP contribution is -2.27. The molecule has 2 rings (SSSR count). The maximum absolute atomic E-state index is 12.1. The van der Waals surface area contributed by atoms with E-state index < -0.39 is 0 Å². The highest BCUT2D eigenvalue weighted by Crippen LogP contribution is 2.15. The number of rotatable bonds is 6. The van der Waals surface area contributed by atoms with Crippen LogP contribution in [-0.4, -0.2) is 26.6 Å². The monoisotopic (exact) mass is 284 g/mol. The van der Waals surface area contributed by atoms with Gasteiger partial charge in [0.2, 0.25) is 5.91 Å². The average Bonchev–Trinajstić information content (AvgIpc) is 2.55. The highest BCUT2D eigenvalue weighted by molar-refractivity contribution is 5.93. The van der Waals surface area contributed by atoms with E-state index in [1.54, 1.807) is 19.1 Å². The van der Waals surface area contributed by atoms with Crippen LogP contribution in [-0.2, 0) is 4.79 Å². The molecule has 0 radical (unpaired) electrons. The number of nitrogens with zero attached hydrogens (tertiary/aromatic N) is 1. The zero-order chi connectivity index (χ0) is 15.1. The van der Waals surface area contributed by atoms with Crippen molar-refractivity contribution in [1.82, 2.24) is 0 Å². The standard InChI is InChI=1S/C17H20N2O2/c1-19(15-6-4-3-5-7-15)17(20)12-13-18-14-8-10-16(21-2)11-9-14/h3-11,18H,12-13H2,1-2H3. The Bertz CT molecular complexity index is 567. The van der Waals surface area contributed by atoms with Gasteiger partial charge in [-0.1, -0.05) is 18.2 Å². The molecule has 0 fully saturated rings. The minimum atomic E-state index is 0.0854. The van der Waals surface area contributed by atoms with Crippen LogP contribution in [0.3, 0.4) is 0 Å². The highest BCUT2D eigenvalue weighted by Gasteiger charge is 2.09. The minimum Gasteiger partial charge on any atom is -0.497 e. The number of carbonyl (C=O) groups is 1. The van der Waals surface area contributed by atoms with E-state index in [4.69, 9.17) is 4.74 Å². The van der Waals surface area contributed by atoms with E-state index in [9.17, 15) is 4.79 Å².